The molecule has 2 aromatic rings. The zero-order chi connectivity index (χ0) is 20.1. The van der Waals surface area contributed by atoms with E-state index < -0.39 is 17.5 Å². The van der Waals surface area contributed by atoms with Crippen LogP contribution in [0.15, 0.2) is 43.0 Å². The molecule has 0 unspecified atom stereocenters. The monoisotopic (exact) mass is 386 g/mol. The van der Waals surface area contributed by atoms with Crippen LogP contribution >= 0.6 is 0 Å². The summed E-state index contributed by atoms with van der Waals surface area (Å²) in [5, 5.41) is 0.220. The lowest BCUT2D eigenvalue weighted by Crippen LogP contribution is -2.14. The molecule has 150 valence electrons. The standard InChI is InChI=1S/C25H29F3/c1-3-5-7-8-17-10-12-18(13-11-17)21-16-20-15-14-19(9-6-4-2)23(26)22(20)25(28)24(21)27/h4,7-8,14-18H,2-3,5-6,9-13H2,1H3/b8-7+. The Labute approximate surface area is 166 Å². The van der Waals surface area contributed by atoms with Crippen LogP contribution in [0.4, 0.5) is 13.2 Å². The van der Waals surface area contributed by atoms with Crippen molar-refractivity contribution in [2.75, 3.05) is 0 Å². The van der Waals surface area contributed by atoms with E-state index in [1.54, 1.807) is 24.3 Å². The van der Waals surface area contributed by atoms with Crippen LogP contribution in [-0.4, -0.2) is 0 Å². The Balaban J connectivity index is 1.85. The largest absolute Gasteiger partial charge is 0.206 e. The van der Waals surface area contributed by atoms with Gasteiger partial charge in [-0.15, -0.1) is 6.58 Å². The van der Waals surface area contributed by atoms with Gasteiger partial charge in [0.15, 0.2) is 11.6 Å². The van der Waals surface area contributed by atoms with Crippen LogP contribution in [0.25, 0.3) is 10.8 Å². The van der Waals surface area contributed by atoms with Crippen molar-refractivity contribution in [3.05, 3.63) is 71.6 Å². The predicted molar refractivity (Wildman–Crippen MR) is 111 cm³/mol. The van der Waals surface area contributed by atoms with Gasteiger partial charge in [-0.2, -0.15) is 0 Å². The van der Waals surface area contributed by atoms with Gasteiger partial charge in [0.1, 0.15) is 5.82 Å². The van der Waals surface area contributed by atoms with Gasteiger partial charge in [0.2, 0.25) is 0 Å². The Morgan fingerprint density at radius 3 is 2.43 bits per heavy atom. The van der Waals surface area contributed by atoms with Gasteiger partial charge < -0.3 is 0 Å². The molecule has 1 fully saturated rings. The third-order valence-electron chi connectivity index (χ3n) is 5.92. The van der Waals surface area contributed by atoms with Crippen LogP contribution in [0, 0.1) is 23.4 Å². The van der Waals surface area contributed by atoms with Crippen LogP contribution in [-0.2, 0) is 6.42 Å². The van der Waals surface area contributed by atoms with E-state index in [0.29, 0.717) is 35.3 Å². The molecule has 0 amide bonds. The van der Waals surface area contributed by atoms with E-state index >= 15 is 0 Å². The number of benzene rings is 2. The molecule has 2 aromatic carbocycles. The molecule has 3 rings (SSSR count). The lowest BCUT2D eigenvalue weighted by atomic mass is 9.78. The van der Waals surface area contributed by atoms with Gasteiger partial charge in [-0.3, -0.25) is 0 Å². The molecule has 0 N–H and O–H groups in total. The number of aryl methyl sites for hydroxylation is 1. The number of fused-ring (bicyclic) bond motifs is 1. The van der Waals surface area contributed by atoms with Gasteiger partial charge in [-0.25, -0.2) is 13.2 Å². The average Bonchev–Trinajstić information content (AvgIpc) is 2.71. The summed E-state index contributed by atoms with van der Waals surface area (Å²) in [5.41, 5.74) is 0.803. The van der Waals surface area contributed by atoms with Crippen LogP contribution in [0.1, 0.15) is 68.9 Å². The summed E-state index contributed by atoms with van der Waals surface area (Å²) in [7, 11) is 0. The van der Waals surface area contributed by atoms with Gasteiger partial charge in [-0.05, 0) is 79.4 Å². The lowest BCUT2D eigenvalue weighted by molar-refractivity contribution is 0.364. The van der Waals surface area contributed by atoms with E-state index in [0.717, 1.165) is 38.5 Å². The molecule has 28 heavy (non-hydrogen) atoms. The van der Waals surface area contributed by atoms with E-state index in [1.165, 1.54) is 0 Å². The predicted octanol–water partition coefficient (Wildman–Crippen LogP) is 8.01. The number of rotatable bonds is 7. The highest BCUT2D eigenvalue weighted by Crippen LogP contribution is 2.40. The topological polar surface area (TPSA) is 0 Å². The van der Waals surface area contributed by atoms with Gasteiger partial charge in [0.05, 0.1) is 5.39 Å². The summed E-state index contributed by atoms with van der Waals surface area (Å²) in [5.74, 6) is -2.04. The summed E-state index contributed by atoms with van der Waals surface area (Å²) in [4.78, 5) is 0. The number of allylic oxidation sites excluding steroid dienone is 3. The number of halogens is 3. The lowest BCUT2D eigenvalue weighted by Gasteiger charge is -2.28. The molecule has 0 radical (unpaired) electrons. The van der Waals surface area contributed by atoms with Crippen LogP contribution in [0.3, 0.4) is 0 Å². The Kier molecular flexibility index (Phi) is 6.98. The molecule has 1 saturated carbocycles. The van der Waals surface area contributed by atoms with Crippen molar-refractivity contribution >= 4 is 10.8 Å². The second kappa shape index (κ2) is 9.45. The van der Waals surface area contributed by atoms with Crippen molar-refractivity contribution in [3.63, 3.8) is 0 Å². The summed E-state index contributed by atoms with van der Waals surface area (Å²) in [6.07, 6.45) is 13.1. The molecule has 3 heteroatoms. The molecule has 1 aliphatic carbocycles. The number of hydrogen-bond acceptors (Lipinski definition) is 0. The Morgan fingerprint density at radius 2 is 1.75 bits per heavy atom. The van der Waals surface area contributed by atoms with Gasteiger partial charge in [0.25, 0.3) is 0 Å². The van der Waals surface area contributed by atoms with Crippen molar-refractivity contribution in [1.82, 2.24) is 0 Å². The highest BCUT2D eigenvalue weighted by Gasteiger charge is 2.26. The second-order valence-corrected chi connectivity index (χ2v) is 7.89. The highest BCUT2D eigenvalue weighted by molar-refractivity contribution is 5.85. The quantitative estimate of drug-likeness (QED) is 0.423. The van der Waals surface area contributed by atoms with E-state index in [9.17, 15) is 13.2 Å². The molecule has 0 atom stereocenters. The molecule has 0 aromatic heterocycles. The third kappa shape index (κ3) is 4.34. The molecule has 0 bridgehead atoms. The molecule has 0 saturated heterocycles. The van der Waals surface area contributed by atoms with Gasteiger partial charge in [0, 0.05) is 0 Å². The van der Waals surface area contributed by atoms with Crippen molar-refractivity contribution in [2.45, 2.75) is 64.2 Å². The molecule has 0 nitrogen and oxygen atoms in total. The first kappa shape index (κ1) is 20.7. The maximum Gasteiger partial charge on any atom is 0.169 e. The average molecular weight is 387 g/mol. The third-order valence-corrected chi connectivity index (χ3v) is 5.92. The fourth-order valence-corrected chi connectivity index (χ4v) is 4.27. The van der Waals surface area contributed by atoms with E-state index in [2.05, 4.69) is 25.7 Å². The van der Waals surface area contributed by atoms with E-state index in [-0.39, 0.29) is 11.3 Å². The van der Waals surface area contributed by atoms with Crippen molar-refractivity contribution < 1.29 is 13.2 Å². The van der Waals surface area contributed by atoms with E-state index in [4.69, 9.17) is 0 Å². The summed E-state index contributed by atoms with van der Waals surface area (Å²) < 4.78 is 44.4. The molecule has 0 aliphatic heterocycles. The smallest absolute Gasteiger partial charge is 0.169 e. The Hall–Kier alpha value is -2.03. The summed E-state index contributed by atoms with van der Waals surface area (Å²) in [6, 6.07) is 5.05. The zero-order valence-electron chi connectivity index (χ0n) is 16.6. The van der Waals surface area contributed by atoms with Gasteiger partial charge >= 0.3 is 0 Å². The maximum absolute atomic E-state index is 14.9. The van der Waals surface area contributed by atoms with Crippen molar-refractivity contribution in [1.29, 1.82) is 0 Å². The summed E-state index contributed by atoms with van der Waals surface area (Å²) >= 11 is 0. The fourth-order valence-electron chi connectivity index (χ4n) is 4.27. The molecule has 1 aliphatic rings. The minimum Gasteiger partial charge on any atom is -0.206 e. The molecule has 0 heterocycles. The zero-order valence-corrected chi connectivity index (χ0v) is 16.6. The molecular formula is C25H29F3. The first-order chi connectivity index (χ1) is 13.6. The fraction of sp³-hybridized carbons (Fsp3) is 0.440. The maximum atomic E-state index is 14.9. The van der Waals surface area contributed by atoms with Crippen LogP contribution in [0.5, 0.6) is 0 Å². The van der Waals surface area contributed by atoms with E-state index in [1.807, 2.05) is 0 Å². The highest BCUT2D eigenvalue weighted by atomic mass is 19.2. The molecule has 0 spiro atoms. The second-order valence-electron chi connectivity index (χ2n) is 7.89. The first-order valence-corrected chi connectivity index (χ1v) is 10.4. The number of hydrogen-bond donors (Lipinski definition) is 0. The first-order valence-electron chi connectivity index (χ1n) is 10.4. The van der Waals surface area contributed by atoms with Crippen LogP contribution in [0.2, 0.25) is 0 Å². The number of unbranched alkanes of at least 4 members (excludes halogenated alkanes) is 1. The summed E-state index contributed by atoms with van der Waals surface area (Å²) in [6.45, 7) is 5.78. The minimum absolute atomic E-state index is 0.00164. The Bertz CT molecular complexity index is 858. The SMILES string of the molecule is C=CCCc1ccc2cc(C3CCC(/C=C/CCC)CC3)c(F)c(F)c2c1F. The van der Waals surface area contributed by atoms with Gasteiger partial charge in [-0.1, -0.05) is 43.7 Å². The molecular weight excluding hydrogens is 357 g/mol. The van der Waals surface area contributed by atoms with Crippen molar-refractivity contribution in [2.24, 2.45) is 5.92 Å². The van der Waals surface area contributed by atoms with Crippen LogP contribution < -0.4 is 0 Å². The van der Waals surface area contributed by atoms with Crippen molar-refractivity contribution in [3.8, 4) is 0 Å². The Morgan fingerprint density at radius 1 is 1.00 bits per heavy atom. The minimum atomic E-state index is -1.05. The normalized spacial score (nSPS) is 20.1.